The van der Waals surface area contributed by atoms with Crippen LogP contribution in [0.15, 0.2) is 18.2 Å². The molecule has 0 spiro atoms. The highest BCUT2D eigenvalue weighted by Gasteiger charge is 2.21. The first kappa shape index (κ1) is 11.1. The van der Waals surface area contributed by atoms with Crippen molar-refractivity contribution in [3.05, 3.63) is 29.3 Å². The number of likely N-dealkylation sites (tertiary alicyclic amines) is 1. The number of anilines is 1. The molecule has 1 saturated heterocycles. The summed E-state index contributed by atoms with van der Waals surface area (Å²) >= 11 is 0. The molecule has 0 saturated carbocycles. The lowest BCUT2D eigenvalue weighted by Gasteiger charge is -2.20. The van der Waals surface area contributed by atoms with Crippen LogP contribution in [0.2, 0.25) is 0 Å². The molecule has 0 amide bonds. The Morgan fingerprint density at radius 2 is 1.76 bits per heavy atom. The van der Waals surface area contributed by atoms with Crippen LogP contribution < -0.4 is 5.73 Å². The summed E-state index contributed by atoms with van der Waals surface area (Å²) in [6.07, 6.45) is 2.76. The van der Waals surface area contributed by atoms with Gasteiger partial charge in [-0.2, -0.15) is 0 Å². The van der Waals surface area contributed by atoms with Crippen molar-refractivity contribution < 1.29 is 0 Å². The van der Waals surface area contributed by atoms with Crippen LogP contribution in [0.4, 0.5) is 5.69 Å². The van der Waals surface area contributed by atoms with Crippen molar-refractivity contribution in [1.29, 1.82) is 0 Å². The van der Waals surface area contributed by atoms with E-state index < -0.39 is 0 Å². The molecule has 2 aliphatic heterocycles. The van der Waals surface area contributed by atoms with Crippen molar-refractivity contribution in [2.75, 3.05) is 31.9 Å². The maximum atomic E-state index is 6.02. The summed E-state index contributed by atoms with van der Waals surface area (Å²) in [7, 11) is 0. The summed E-state index contributed by atoms with van der Waals surface area (Å²) in [5.41, 5.74) is 9.76. The van der Waals surface area contributed by atoms with Gasteiger partial charge in [-0.3, -0.25) is 4.90 Å². The molecule has 1 aromatic carbocycles. The SMILES string of the molecule is Nc1cccc2c1CN(CCN1CCCC1)C2. The molecule has 2 aliphatic rings. The van der Waals surface area contributed by atoms with Gasteiger partial charge in [-0.25, -0.2) is 0 Å². The van der Waals surface area contributed by atoms with Gasteiger partial charge >= 0.3 is 0 Å². The molecule has 0 radical (unpaired) electrons. The van der Waals surface area contributed by atoms with Gasteiger partial charge in [-0.05, 0) is 43.1 Å². The zero-order valence-corrected chi connectivity index (χ0v) is 10.4. The molecule has 92 valence electrons. The van der Waals surface area contributed by atoms with E-state index in [2.05, 4.69) is 21.9 Å². The molecule has 0 aromatic heterocycles. The fourth-order valence-corrected chi connectivity index (χ4v) is 2.96. The molecule has 1 fully saturated rings. The summed E-state index contributed by atoms with van der Waals surface area (Å²) in [5.74, 6) is 0. The smallest absolute Gasteiger partial charge is 0.0363 e. The lowest BCUT2D eigenvalue weighted by Crippen LogP contribution is -2.30. The molecule has 0 aliphatic carbocycles. The van der Waals surface area contributed by atoms with E-state index in [0.717, 1.165) is 18.8 Å². The number of nitrogens with two attached hydrogens (primary N) is 1. The Kier molecular flexibility index (Phi) is 3.04. The van der Waals surface area contributed by atoms with E-state index in [9.17, 15) is 0 Å². The number of nitrogen functional groups attached to an aromatic ring is 1. The van der Waals surface area contributed by atoms with Crippen LogP contribution in [0, 0.1) is 0 Å². The number of nitrogens with zero attached hydrogens (tertiary/aromatic N) is 2. The molecule has 17 heavy (non-hydrogen) atoms. The Morgan fingerprint density at radius 1 is 1.00 bits per heavy atom. The van der Waals surface area contributed by atoms with Crippen molar-refractivity contribution in [1.82, 2.24) is 9.80 Å². The average molecular weight is 231 g/mol. The summed E-state index contributed by atoms with van der Waals surface area (Å²) in [5, 5.41) is 0. The predicted molar refractivity (Wildman–Crippen MR) is 70.6 cm³/mol. The second kappa shape index (κ2) is 4.67. The molecule has 2 N–H and O–H groups in total. The number of benzene rings is 1. The van der Waals surface area contributed by atoms with Crippen molar-refractivity contribution in [2.24, 2.45) is 0 Å². The molecule has 2 heterocycles. The highest BCUT2D eigenvalue weighted by atomic mass is 15.2. The van der Waals surface area contributed by atoms with Crippen LogP contribution in [0.25, 0.3) is 0 Å². The molecule has 0 atom stereocenters. The van der Waals surface area contributed by atoms with Crippen LogP contribution in [0.3, 0.4) is 0 Å². The largest absolute Gasteiger partial charge is 0.398 e. The first-order valence-corrected chi connectivity index (χ1v) is 6.64. The highest BCUT2D eigenvalue weighted by molar-refractivity contribution is 5.52. The van der Waals surface area contributed by atoms with E-state index in [4.69, 9.17) is 5.73 Å². The standard InChI is InChI=1S/C14H21N3/c15-14-5-3-4-12-10-17(11-13(12)14)9-8-16-6-1-2-7-16/h3-5H,1-2,6-11,15H2. The van der Waals surface area contributed by atoms with Crippen LogP contribution in [-0.4, -0.2) is 36.0 Å². The molecule has 1 aromatic rings. The normalized spacial score (nSPS) is 20.9. The number of hydrogen-bond donors (Lipinski definition) is 1. The van der Waals surface area contributed by atoms with Gasteiger partial charge in [0.15, 0.2) is 0 Å². The zero-order chi connectivity index (χ0) is 11.7. The molecular weight excluding hydrogens is 210 g/mol. The summed E-state index contributed by atoms with van der Waals surface area (Å²) in [4.78, 5) is 5.09. The quantitative estimate of drug-likeness (QED) is 0.803. The van der Waals surface area contributed by atoms with Gasteiger partial charge in [0, 0.05) is 31.9 Å². The van der Waals surface area contributed by atoms with Gasteiger partial charge in [-0.1, -0.05) is 12.1 Å². The maximum Gasteiger partial charge on any atom is 0.0363 e. The fourth-order valence-electron chi connectivity index (χ4n) is 2.96. The second-order valence-corrected chi connectivity index (χ2v) is 5.24. The first-order valence-electron chi connectivity index (χ1n) is 6.64. The van der Waals surface area contributed by atoms with E-state index in [-0.39, 0.29) is 0 Å². The van der Waals surface area contributed by atoms with Crippen molar-refractivity contribution in [3.63, 3.8) is 0 Å². The molecular formula is C14H21N3. The summed E-state index contributed by atoms with van der Waals surface area (Å²) < 4.78 is 0. The first-order chi connectivity index (χ1) is 8.33. The van der Waals surface area contributed by atoms with Crippen molar-refractivity contribution in [2.45, 2.75) is 25.9 Å². The van der Waals surface area contributed by atoms with Crippen molar-refractivity contribution in [3.8, 4) is 0 Å². The van der Waals surface area contributed by atoms with E-state index in [1.807, 2.05) is 6.07 Å². The maximum absolute atomic E-state index is 6.02. The van der Waals surface area contributed by atoms with Crippen LogP contribution >= 0.6 is 0 Å². The van der Waals surface area contributed by atoms with Gasteiger partial charge in [0.05, 0.1) is 0 Å². The van der Waals surface area contributed by atoms with E-state index in [1.165, 1.54) is 50.1 Å². The summed E-state index contributed by atoms with van der Waals surface area (Å²) in [6.45, 7) is 7.10. The van der Waals surface area contributed by atoms with Crippen LogP contribution in [-0.2, 0) is 13.1 Å². The summed E-state index contributed by atoms with van der Waals surface area (Å²) in [6, 6.07) is 6.29. The molecule has 0 unspecified atom stereocenters. The van der Waals surface area contributed by atoms with E-state index in [0.29, 0.717) is 0 Å². The third kappa shape index (κ3) is 2.31. The topological polar surface area (TPSA) is 32.5 Å². The lowest BCUT2D eigenvalue weighted by atomic mass is 10.1. The lowest BCUT2D eigenvalue weighted by molar-refractivity contribution is 0.229. The van der Waals surface area contributed by atoms with Gasteiger partial charge in [0.25, 0.3) is 0 Å². The third-order valence-electron chi connectivity index (χ3n) is 4.02. The van der Waals surface area contributed by atoms with Gasteiger partial charge in [-0.15, -0.1) is 0 Å². The monoisotopic (exact) mass is 231 g/mol. The third-order valence-corrected chi connectivity index (χ3v) is 4.02. The number of hydrogen-bond acceptors (Lipinski definition) is 3. The number of fused-ring (bicyclic) bond motifs is 1. The van der Waals surface area contributed by atoms with E-state index in [1.54, 1.807) is 0 Å². The Hall–Kier alpha value is -1.06. The molecule has 3 heteroatoms. The van der Waals surface area contributed by atoms with E-state index >= 15 is 0 Å². The average Bonchev–Trinajstić information content (AvgIpc) is 2.95. The highest BCUT2D eigenvalue weighted by Crippen LogP contribution is 2.27. The Bertz CT molecular complexity index is 396. The Labute approximate surface area is 103 Å². The zero-order valence-electron chi connectivity index (χ0n) is 10.4. The van der Waals surface area contributed by atoms with Gasteiger partial charge < -0.3 is 10.6 Å². The minimum Gasteiger partial charge on any atom is -0.398 e. The Morgan fingerprint density at radius 3 is 2.53 bits per heavy atom. The van der Waals surface area contributed by atoms with Crippen LogP contribution in [0.5, 0.6) is 0 Å². The minimum atomic E-state index is 0.964. The molecule has 0 bridgehead atoms. The van der Waals surface area contributed by atoms with Crippen LogP contribution in [0.1, 0.15) is 24.0 Å². The number of rotatable bonds is 3. The van der Waals surface area contributed by atoms with Gasteiger partial charge in [0.1, 0.15) is 0 Å². The second-order valence-electron chi connectivity index (χ2n) is 5.24. The predicted octanol–water partition coefficient (Wildman–Crippen LogP) is 1.68. The Balaban J connectivity index is 1.56. The minimum absolute atomic E-state index is 0.964. The molecule has 3 nitrogen and oxygen atoms in total. The van der Waals surface area contributed by atoms with Crippen molar-refractivity contribution >= 4 is 5.69 Å². The van der Waals surface area contributed by atoms with Gasteiger partial charge in [0.2, 0.25) is 0 Å². The molecule has 3 rings (SSSR count). The fraction of sp³-hybridized carbons (Fsp3) is 0.571.